The number of carbonyl (C=O) groups excluding carboxylic acids is 1. The average molecular weight is 570 g/mol. The van der Waals surface area contributed by atoms with Crippen molar-refractivity contribution in [2.45, 2.75) is 24.8 Å². The van der Waals surface area contributed by atoms with Gasteiger partial charge in [0.05, 0.1) is 0 Å². The van der Waals surface area contributed by atoms with E-state index in [0.717, 1.165) is 53.2 Å². The lowest BCUT2D eigenvalue weighted by Gasteiger charge is -2.39. The van der Waals surface area contributed by atoms with Crippen molar-refractivity contribution in [3.05, 3.63) is 99.0 Å². The zero-order valence-corrected chi connectivity index (χ0v) is 22.1. The minimum Gasteiger partial charge on any atom is -0.334 e. The van der Waals surface area contributed by atoms with Crippen molar-refractivity contribution in [2.24, 2.45) is 0 Å². The largest absolute Gasteiger partial charge is 0.334 e. The van der Waals surface area contributed by atoms with E-state index in [9.17, 15) is 9.18 Å². The van der Waals surface area contributed by atoms with Gasteiger partial charge in [-0.15, -0.1) is 0 Å². The molecule has 1 saturated heterocycles. The Morgan fingerprint density at radius 1 is 1.14 bits per heavy atom. The summed E-state index contributed by atoms with van der Waals surface area (Å²) in [6.07, 6.45) is 7.69. The highest BCUT2D eigenvalue weighted by atomic mass is 79.9. The number of piperidine rings is 1. The third-order valence-corrected chi connectivity index (χ3v) is 7.86. The van der Waals surface area contributed by atoms with Crippen molar-refractivity contribution < 1.29 is 9.18 Å². The molecule has 1 N–H and O–H groups in total. The van der Waals surface area contributed by atoms with Gasteiger partial charge in [0, 0.05) is 46.4 Å². The zero-order chi connectivity index (χ0) is 25.1. The van der Waals surface area contributed by atoms with E-state index in [-0.39, 0.29) is 18.0 Å². The summed E-state index contributed by atoms with van der Waals surface area (Å²) in [5.41, 5.74) is 3.92. The number of anilines is 1. The highest BCUT2D eigenvalue weighted by Gasteiger charge is 2.46. The Balaban J connectivity index is 1.24. The number of nitrogens with zero attached hydrogens (tertiary/aromatic N) is 3. The van der Waals surface area contributed by atoms with Gasteiger partial charge in [0.1, 0.15) is 0 Å². The van der Waals surface area contributed by atoms with Gasteiger partial charge in [-0.25, -0.2) is 9.78 Å². The van der Waals surface area contributed by atoms with Crippen LogP contribution in [0.1, 0.15) is 29.5 Å². The molecular formula is C28H27BrClFN4O. The number of urea groups is 1. The van der Waals surface area contributed by atoms with E-state index < -0.39 is 5.95 Å². The predicted octanol–water partition coefficient (Wildman–Crippen LogP) is 6.41. The van der Waals surface area contributed by atoms with Crippen molar-refractivity contribution in [1.82, 2.24) is 15.2 Å². The van der Waals surface area contributed by atoms with Gasteiger partial charge >= 0.3 is 6.03 Å². The first-order valence-corrected chi connectivity index (χ1v) is 13.2. The van der Waals surface area contributed by atoms with Gasteiger partial charge < -0.3 is 5.32 Å². The fraction of sp³-hybridized carbons (Fsp3) is 0.286. The summed E-state index contributed by atoms with van der Waals surface area (Å²) in [4.78, 5) is 21.1. The molecule has 2 aromatic carbocycles. The molecule has 8 heteroatoms. The number of rotatable bonds is 5. The minimum absolute atomic E-state index is 0.0738. The second-order valence-electron chi connectivity index (χ2n) is 9.43. The summed E-state index contributed by atoms with van der Waals surface area (Å²) >= 11 is 9.60. The molecule has 1 aromatic heterocycles. The zero-order valence-electron chi connectivity index (χ0n) is 19.8. The molecule has 0 saturated carbocycles. The Morgan fingerprint density at radius 3 is 2.67 bits per heavy atom. The van der Waals surface area contributed by atoms with Crippen LogP contribution in [0.3, 0.4) is 0 Å². The number of pyridine rings is 1. The molecule has 0 aliphatic carbocycles. The molecule has 0 atom stereocenters. The first kappa shape index (κ1) is 24.9. The number of benzene rings is 2. The van der Waals surface area contributed by atoms with Crippen molar-refractivity contribution in [2.75, 3.05) is 31.1 Å². The summed E-state index contributed by atoms with van der Waals surface area (Å²) in [5.74, 6) is -0.549. The number of amides is 2. The van der Waals surface area contributed by atoms with Crippen LogP contribution in [-0.2, 0) is 12.0 Å². The maximum Gasteiger partial charge on any atom is 0.322 e. The van der Waals surface area contributed by atoms with E-state index in [1.165, 1.54) is 17.8 Å². The van der Waals surface area contributed by atoms with Crippen LogP contribution in [0.2, 0.25) is 5.02 Å². The number of hydrogen-bond donors (Lipinski definition) is 1. The molecule has 1 spiro atoms. The molecule has 2 amide bonds. The molecule has 0 bridgehead atoms. The molecule has 0 radical (unpaired) electrons. The highest BCUT2D eigenvalue weighted by Crippen LogP contribution is 2.48. The van der Waals surface area contributed by atoms with Crippen molar-refractivity contribution >= 4 is 45.3 Å². The molecule has 3 aromatic rings. The minimum atomic E-state index is -0.549. The van der Waals surface area contributed by atoms with Gasteiger partial charge in [-0.2, -0.15) is 4.39 Å². The molecular weight excluding hydrogens is 543 g/mol. The lowest BCUT2D eigenvalue weighted by atomic mass is 9.74. The Hall–Kier alpha value is -2.74. The van der Waals surface area contributed by atoms with E-state index in [4.69, 9.17) is 11.6 Å². The number of likely N-dealkylation sites (tertiary alicyclic amines) is 1. The van der Waals surface area contributed by atoms with Crippen molar-refractivity contribution in [1.29, 1.82) is 0 Å². The smallest absolute Gasteiger partial charge is 0.322 e. The molecule has 36 heavy (non-hydrogen) atoms. The summed E-state index contributed by atoms with van der Waals surface area (Å²) in [7, 11) is 0. The van der Waals surface area contributed by atoms with Crippen LogP contribution in [0.5, 0.6) is 0 Å². The Bertz CT molecular complexity index is 1270. The number of fused-ring (bicyclic) bond motifs is 2. The first-order chi connectivity index (χ1) is 17.4. The number of aromatic nitrogens is 1. The van der Waals surface area contributed by atoms with E-state index in [1.807, 2.05) is 41.3 Å². The molecule has 186 valence electrons. The number of nitrogens with one attached hydrogen (secondary N) is 1. The second-order valence-corrected chi connectivity index (χ2v) is 10.8. The highest BCUT2D eigenvalue weighted by molar-refractivity contribution is 9.10. The van der Waals surface area contributed by atoms with Crippen LogP contribution in [-0.4, -0.2) is 42.1 Å². The first-order valence-electron chi connectivity index (χ1n) is 12.0. The summed E-state index contributed by atoms with van der Waals surface area (Å²) in [5, 5.41) is 3.70. The Kier molecular flexibility index (Phi) is 7.42. The third-order valence-electron chi connectivity index (χ3n) is 7.12. The molecule has 5 rings (SSSR count). The van der Waals surface area contributed by atoms with Crippen LogP contribution in [0, 0.1) is 5.95 Å². The SMILES string of the molecule is O=C(NCc1ccnc(F)c1)N1CC2(CCN(C/C=C/c3ccc(Cl)cc3)CC2)c2cc(Br)ccc21. The predicted molar refractivity (Wildman–Crippen MR) is 146 cm³/mol. The Labute approximate surface area is 224 Å². The molecule has 2 aliphatic rings. The van der Waals surface area contributed by atoms with Crippen LogP contribution in [0.15, 0.2) is 71.3 Å². The number of hydrogen-bond acceptors (Lipinski definition) is 3. The fourth-order valence-corrected chi connectivity index (χ4v) is 5.64. The van der Waals surface area contributed by atoms with Gasteiger partial charge in [-0.05, 0) is 85.1 Å². The van der Waals surface area contributed by atoms with E-state index >= 15 is 0 Å². The standard InChI is InChI=1S/C28H27BrClFN4O/c29-22-5-8-25-24(17-22)28(19-35(25)27(36)33-18-21-9-12-32-26(31)16-21)10-14-34(15-11-28)13-1-2-20-3-6-23(30)7-4-20/h1-9,12,16-17H,10-11,13-15,18-19H2,(H,33,36)/b2-1+. The maximum atomic E-state index is 13.4. The van der Waals surface area contributed by atoms with Crippen LogP contribution >= 0.6 is 27.5 Å². The maximum absolute atomic E-state index is 13.4. The van der Waals surface area contributed by atoms with E-state index in [2.05, 4.69) is 49.3 Å². The van der Waals surface area contributed by atoms with Crippen LogP contribution < -0.4 is 10.2 Å². The monoisotopic (exact) mass is 568 g/mol. The molecule has 5 nitrogen and oxygen atoms in total. The van der Waals surface area contributed by atoms with Crippen LogP contribution in [0.25, 0.3) is 6.08 Å². The molecule has 2 aliphatic heterocycles. The molecule has 1 fully saturated rings. The Morgan fingerprint density at radius 2 is 1.92 bits per heavy atom. The van der Waals surface area contributed by atoms with E-state index in [1.54, 1.807) is 6.07 Å². The lowest BCUT2D eigenvalue weighted by Crippen LogP contribution is -2.47. The van der Waals surface area contributed by atoms with Gasteiger partial charge in [-0.1, -0.05) is 51.8 Å². The van der Waals surface area contributed by atoms with Crippen molar-refractivity contribution in [3.8, 4) is 0 Å². The molecule has 3 heterocycles. The topological polar surface area (TPSA) is 48.5 Å². The van der Waals surface area contributed by atoms with E-state index in [0.29, 0.717) is 12.1 Å². The lowest BCUT2D eigenvalue weighted by molar-refractivity contribution is 0.180. The van der Waals surface area contributed by atoms with Crippen molar-refractivity contribution in [3.63, 3.8) is 0 Å². The van der Waals surface area contributed by atoms with Gasteiger partial charge in [-0.3, -0.25) is 9.80 Å². The van der Waals surface area contributed by atoms with Gasteiger partial charge in [0.15, 0.2) is 0 Å². The third kappa shape index (κ3) is 5.48. The quantitative estimate of drug-likeness (QED) is 0.361. The second kappa shape index (κ2) is 10.7. The molecule has 0 unspecified atom stereocenters. The average Bonchev–Trinajstić information content (AvgIpc) is 3.18. The number of halogens is 3. The van der Waals surface area contributed by atoms with Crippen LogP contribution in [0.4, 0.5) is 14.9 Å². The fourth-order valence-electron chi connectivity index (χ4n) is 5.15. The van der Waals surface area contributed by atoms with Gasteiger partial charge in [0.2, 0.25) is 5.95 Å². The number of carbonyl (C=O) groups is 1. The summed E-state index contributed by atoms with van der Waals surface area (Å²) in [6, 6.07) is 16.9. The normalized spacial score (nSPS) is 17.0. The summed E-state index contributed by atoms with van der Waals surface area (Å²) < 4.78 is 14.4. The van der Waals surface area contributed by atoms with Gasteiger partial charge in [0.25, 0.3) is 0 Å². The summed E-state index contributed by atoms with van der Waals surface area (Å²) in [6.45, 7) is 3.70.